The normalized spacial score (nSPS) is 20.8. The second kappa shape index (κ2) is 4.19. The van der Waals surface area contributed by atoms with Crippen LogP contribution in [0.1, 0.15) is 20.3 Å². The highest BCUT2D eigenvalue weighted by molar-refractivity contribution is 5.94. The molecule has 1 amide bonds. The molecule has 0 saturated carbocycles. The Balaban J connectivity index is 2.05. The zero-order valence-electron chi connectivity index (χ0n) is 9.47. The maximum atomic E-state index is 12.1. The molecule has 3 nitrogen and oxygen atoms in total. The van der Waals surface area contributed by atoms with Gasteiger partial charge in [0.05, 0.1) is 0 Å². The van der Waals surface area contributed by atoms with E-state index in [1.165, 1.54) is 11.1 Å². The quantitative estimate of drug-likeness (QED) is 0.514. The Morgan fingerprint density at radius 3 is 2.73 bits per heavy atom. The molecule has 0 atom stereocenters. The topological polar surface area (TPSA) is 32.3 Å². The zero-order valence-corrected chi connectivity index (χ0v) is 9.47. The number of hydrogen-bond acceptors (Lipinski definition) is 2. The highest BCUT2D eigenvalue weighted by Crippen LogP contribution is 2.15. The fourth-order valence-corrected chi connectivity index (χ4v) is 1.99. The van der Waals surface area contributed by atoms with Gasteiger partial charge >= 0.3 is 0 Å². The molecule has 0 bridgehead atoms. The number of carbonyl (C=O) groups excluding carboxylic acids is 1. The molecule has 1 saturated heterocycles. The van der Waals surface area contributed by atoms with E-state index in [1.807, 2.05) is 11.8 Å². The Labute approximate surface area is 90.8 Å². The second-order valence-electron chi connectivity index (χ2n) is 4.40. The summed E-state index contributed by atoms with van der Waals surface area (Å²) in [7, 11) is 0. The molecule has 0 aromatic carbocycles. The third-order valence-electron chi connectivity index (χ3n) is 3.15. The van der Waals surface area contributed by atoms with E-state index in [4.69, 9.17) is 0 Å². The van der Waals surface area contributed by atoms with E-state index >= 15 is 0 Å². The van der Waals surface area contributed by atoms with E-state index in [0.29, 0.717) is 0 Å². The average Bonchev–Trinajstić information content (AvgIpc) is 2.14. The van der Waals surface area contributed by atoms with Crippen LogP contribution in [0.4, 0.5) is 0 Å². The average molecular weight is 206 g/mol. The van der Waals surface area contributed by atoms with Gasteiger partial charge in [0, 0.05) is 31.8 Å². The molecule has 0 aromatic heterocycles. The van der Waals surface area contributed by atoms with Crippen LogP contribution < -0.4 is 5.32 Å². The molecule has 2 aliphatic heterocycles. The minimum atomic E-state index is 0.221. The molecule has 1 N–H and O–H groups in total. The Hall–Kier alpha value is -1.09. The van der Waals surface area contributed by atoms with E-state index in [-0.39, 0.29) is 5.91 Å². The standard InChI is InChI=1S/C12H18N2O/c1-9-4-3-5-14(8-9)12(15)10(2)11-6-13-7-11/h4,13H,3,5-8H2,1-2H3. The van der Waals surface area contributed by atoms with Crippen molar-refractivity contribution in [3.63, 3.8) is 0 Å². The predicted octanol–water partition coefficient (Wildman–Crippen LogP) is 1.08. The lowest BCUT2D eigenvalue weighted by Crippen LogP contribution is -2.40. The molecule has 2 rings (SSSR count). The highest BCUT2D eigenvalue weighted by atomic mass is 16.2. The molecular formula is C12H18N2O. The summed E-state index contributed by atoms with van der Waals surface area (Å²) in [5.41, 5.74) is 3.52. The first-order valence-corrected chi connectivity index (χ1v) is 5.52. The first-order chi connectivity index (χ1) is 7.18. The monoisotopic (exact) mass is 206 g/mol. The summed E-state index contributed by atoms with van der Waals surface area (Å²) in [6.07, 6.45) is 3.22. The van der Waals surface area contributed by atoms with Crippen molar-refractivity contribution in [2.24, 2.45) is 0 Å². The Morgan fingerprint density at radius 2 is 2.20 bits per heavy atom. The van der Waals surface area contributed by atoms with Crippen molar-refractivity contribution in [2.45, 2.75) is 20.3 Å². The number of nitrogens with zero attached hydrogens (tertiary/aromatic N) is 1. The molecule has 0 aliphatic carbocycles. The minimum Gasteiger partial charge on any atom is -0.335 e. The zero-order chi connectivity index (χ0) is 10.8. The van der Waals surface area contributed by atoms with Crippen LogP contribution in [0.25, 0.3) is 0 Å². The molecule has 0 unspecified atom stereocenters. The Morgan fingerprint density at radius 1 is 1.47 bits per heavy atom. The van der Waals surface area contributed by atoms with Crippen LogP contribution in [0.2, 0.25) is 0 Å². The maximum Gasteiger partial charge on any atom is 0.249 e. The molecular weight excluding hydrogens is 188 g/mol. The second-order valence-corrected chi connectivity index (χ2v) is 4.40. The van der Waals surface area contributed by atoms with E-state index in [9.17, 15) is 4.79 Å². The first-order valence-electron chi connectivity index (χ1n) is 5.52. The molecule has 2 aliphatic rings. The van der Waals surface area contributed by atoms with Crippen LogP contribution in [0.15, 0.2) is 22.8 Å². The number of hydrogen-bond donors (Lipinski definition) is 1. The summed E-state index contributed by atoms with van der Waals surface area (Å²) in [5.74, 6) is 0.221. The lowest BCUT2D eigenvalue weighted by atomic mass is 10.0. The smallest absolute Gasteiger partial charge is 0.249 e. The van der Waals surface area contributed by atoms with Crippen LogP contribution in [0, 0.1) is 0 Å². The van der Waals surface area contributed by atoms with Gasteiger partial charge in [-0.3, -0.25) is 4.79 Å². The van der Waals surface area contributed by atoms with Crippen LogP contribution in [-0.4, -0.2) is 37.0 Å². The van der Waals surface area contributed by atoms with Gasteiger partial charge in [0.15, 0.2) is 0 Å². The van der Waals surface area contributed by atoms with Gasteiger partial charge in [-0.05, 0) is 25.8 Å². The first kappa shape index (κ1) is 10.4. The van der Waals surface area contributed by atoms with Gasteiger partial charge in [0.2, 0.25) is 5.91 Å². The number of nitrogens with one attached hydrogen (secondary N) is 1. The van der Waals surface area contributed by atoms with Crippen LogP contribution in [0.3, 0.4) is 0 Å². The van der Waals surface area contributed by atoms with Gasteiger partial charge in [0.25, 0.3) is 0 Å². The van der Waals surface area contributed by atoms with E-state index in [1.54, 1.807) is 0 Å². The number of carbonyl (C=O) groups is 1. The van der Waals surface area contributed by atoms with Crippen LogP contribution in [-0.2, 0) is 4.79 Å². The fourth-order valence-electron chi connectivity index (χ4n) is 1.99. The van der Waals surface area contributed by atoms with Gasteiger partial charge in [0.1, 0.15) is 0 Å². The van der Waals surface area contributed by atoms with Gasteiger partial charge in [-0.2, -0.15) is 0 Å². The van der Waals surface area contributed by atoms with Gasteiger partial charge in [-0.1, -0.05) is 11.6 Å². The molecule has 0 radical (unpaired) electrons. The minimum absolute atomic E-state index is 0.221. The third kappa shape index (κ3) is 2.12. The highest BCUT2D eigenvalue weighted by Gasteiger charge is 2.22. The molecule has 1 fully saturated rings. The molecule has 15 heavy (non-hydrogen) atoms. The molecule has 0 spiro atoms. The summed E-state index contributed by atoms with van der Waals surface area (Å²) < 4.78 is 0. The van der Waals surface area contributed by atoms with Crippen molar-refractivity contribution in [3.05, 3.63) is 22.8 Å². The summed E-state index contributed by atoms with van der Waals surface area (Å²) in [5, 5.41) is 3.17. The van der Waals surface area contributed by atoms with Gasteiger partial charge in [-0.15, -0.1) is 0 Å². The molecule has 0 aromatic rings. The van der Waals surface area contributed by atoms with Crippen LogP contribution in [0.5, 0.6) is 0 Å². The van der Waals surface area contributed by atoms with Gasteiger partial charge < -0.3 is 10.2 Å². The third-order valence-corrected chi connectivity index (χ3v) is 3.15. The van der Waals surface area contributed by atoms with E-state index in [2.05, 4.69) is 18.3 Å². The van der Waals surface area contributed by atoms with Crippen molar-refractivity contribution < 1.29 is 4.79 Å². The summed E-state index contributed by atoms with van der Waals surface area (Å²) in [4.78, 5) is 14.0. The molecule has 82 valence electrons. The molecule has 2 heterocycles. The van der Waals surface area contributed by atoms with Crippen molar-refractivity contribution in [1.82, 2.24) is 10.2 Å². The Bertz CT molecular complexity index is 336. The van der Waals surface area contributed by atoms with Crippen LogP contribution >= 0.6 is 0 Å². The van der Waals surface area contributed by atoms with Crippen molar-refractivity contribution in [2.75, 3.05) is 26.2 Å². The predicted molar refractivity (Wildman–Crippen MR) is 60.5 cm³/mol. The Kier molecular flexibility index (Phi) is 2.91. The fraction of sp³-hybridized carbons (Fsp3) is 0.583. The summed E-state index contributed by atoms with van der Waals surface area (Å²) in [6, 6.07) is 0. The van der Waals surface area contributed by atoms with Crippen molar-refractivity contribution in [1.29, 1.82) is 0 Å². The van der Waals surface area contributed by atoms with E-state index < -0.39 is 0 Å². The lowest BCUT2D eigenvalue weighted by molar-refractivity contribution is -0.127. The van der Waals surface area contributed by atoms with E-state index in [0.717, 1.165) is 38.2 Å². The summed E-state index contributed by atoms with van der Waals surface area (Å²) in [6.45, 7) is 7.49. The lowest BCUT2D eigenvalue weighted by Gasteiger charge is -2.29. The summed E-state index contributed by atoms with van der Waals surface area (Å²) >= 11 is 0. The van der Waals surface area contributed by atoms with Crippen molar-refractivity contribution in [3.8, 4) is 0 Å². The van der Waals surface area contributed by atoms with Crippen molar-refractivity contribution >= 4 is 5.91 Å². The SMILES string of the molecule is CC1=CCCN(C(=O)C(C)=C2CNC2)C1. The van der Waals surface area contributed by atoms with Gasteiger partial charge in [-0.25, -0.2) is 0 Å². The molecule has 3 heteroatoms. The largest absolute Gasteiger partial charge is 0.335 e. The number of rotatable bonds is 1. The number of amides is 1. The maximum absolute atomic E-state index is 12.1.